The fourth-order valence-corrected chi connectivity index (χ4v) is 5.92. The van der Waals surface area contributed by atoms with Crippen LogP contribution in [0.25, 0.3) is 6.08 Å². The highest BCUT2D eigenvalue weighted by molar-refractivity contribution is 5.92. The first-order valence-electron chi connectivity index (χ1n) is 15.9. The highest BCUT2D eigenvalue weighted by Gasteiger charge is 2.42. The number of nitrogens with one attached hydrogen (secondary N) is 2. The van der Waals surface area contributed by atoms with Gasteiger partial charge in [-0.25, -0.2) is 0 Å². The van der Waals surface area contributed by atoms with Gasteiger partial charge in [0.25, 0.3) is 0 Å². The van der Waals surface area contributed by atoms with Crippen molar-refractivity contribution in [3.63, 3.8) is 0 Å². The van der Waals surface area contributed by atoms with Crippen LogP contribution in [-0.2, 0) is 22.7 Å². The van der Waals surface area contributed by atoms with E-state index in [4.69, 9.17) is 33.2 Å². The van der Waals surface area contributed by atoms with Crippen LogP contribution in [0.1, 0.15) is 39.8 Å². The SMILES string of the molecule is COc1cc(CNC(=O)/C=C/c2cc(O)c3c(c2)[C@@H](C(=O)NCc2cc(OC)c(OC)c(OC)c2)[C@H](c2ccc(O)c(O)c2)O3)cc(OC)c1OC. The Morgan fingerprint density at radius 1 is 0.673 bits per heavy atom. The van der Waals surface area contributed by atoms with Gasteiger partial charge in [0.2, 0.25) is 23.3 Å². The maximum absolute atomic E-state index is 14.0. The largest absolute Gasteiger partial charge is 0.504 e. The van der Waals surface area contributed by atoms with Crippen LogP contribution in [0.4, 0.5) is 0 Å². The van der Waals surface area contributed by atoms with Gasteiger partial charge < -0.3 is 59.1 Å². The van der Waals surface area contributed by atoms with Crippen LogP contribution >= 0.6 is 0 Å². The predicted molar refractivity (Wildman–Crippen MR) is 189 cm³/mol. The molecule has 0 radical (unpaired) electrons. The fourth-order valence-electron chi connectivity index (χ4n) is 5.92. The number of amides is 2. The molecule has 14 nitrogen and oxygen atoms in total. The van der Waals surface area contributed by atoms with Gasteiger partial charge in [-0.3, -0.25) is 9.59 Å². The molecular weight excluding hydrogens is 676 g/mol. The van der Waals surface area contributed by atoms with E-state index in [2.05, 4.69) is 10.6 Å². The van der Waals surface area contributed by atoms with Gasteiger partial charge in [0.15, 0.2) is 46.0 Å². The number of phenolic OH excluding ortho intramolecular Hbond substituents is 3. The summed E-state index contributed by atoms with van der Waals surface area (Å²) in [5, 5.41) is 37.0. The monoisotopic (exact) mass is 716 g/mol. The Hall–Kier alpha value is -6.44. The minimum Gasteiger partial charge on any atom is -0.504 e. The third-order valence-electron chi connectivity index (χ3n) is 8.42. The summed E-state index contributed by atoms with van der Waals surface area (Å²) in [6, 6.07) is 14.0. The molecule has 2 atom stereocenters. The van der Waals surface area contributed by atoms with E-state index in [1.807, 2.05) is 0 Å². The Morgan fingerprint density at radius 2 is 1.21 bits per heavy atom. The van der Waals surface area contributed by atoms with Gasteiger partial charge in [0.1, 0.15) is 12.0 Å². The van der Waals surface area contributed by atoms with Gasteiger partial charge in [-0.2, -0.15) is 0 Å². The maximum Gasteiger partial charge on any atom is 0.244 e. The molecule has 52 heavy (non-hydrogen) atoms. The zero-order valence-electron chi connectivity index (χ0n) is 29.4. The highest BCUT2D eigenvalue weighted by atomic mass is 16.5. The van der Waals surface area contributed by atoms with Crippen LogP contribution in [-0.4, -0.2) is 69.8 Å². The average molecular weight is 717 g/mol. The maximum atomic E-state index is 14.0. The molecule has 5 N–H and O–H groups in total. The van der Waals surface area contributed by atoms with Gasteiger partial charge >= 0.3 is 0 Å². The third kappa shape index (κ3) is 7.65. The Kier molecular flexibility index (Phi) is 11.4. The van der Waals surface area contributed by atoms with E-state index in [1.165, 1.54) is 79.1 Å². The summed E-state index contributed by atoms with van der Waals surface area (Å²) in [4.78, 5) is 26.9. The zero-order chi connectivity index (χ0) is 37.5. The smallest absolute Gasteiger partial charge is 0.244 e. The van der Waals surface area contributed by atoms with Crippen LogP contribution < -0.4 is 43.8 Å². The van der Waals surface area contributed by atoms with Crippen molar-refractivity contribution in [2.24, 2.45) is 0 Å². The van der Waals surface area contributed by atoms with E-state index in [1.54, 1.807) is 30.3 Å². The van der Waals surface area contributed by atoms with Crippen molar-refractivity contribution in [1.82, 2.24) is 10.6 Å². The first-order chi connectivity index (χ1) is 25.0. The number of hydrogen-bond donors (Lipinski definition) is 5. The predicted octanol–water partition coefficient (Wildman–Crippen LogP) is 4.72. The number of phenols is 3. The number of aromatic hydroxyl groups is 3. The minimum atomic E-state index is -1.02. The number of methoxy groups -OCH3 is 6. The van der Waals surface area contributed by atoms with Gasteiger partial charge in [0, 0.05) is 24.7 Å². The number of rotatable bonds is 14. The molecule has 1 aliphatic rings. The molecule has 0 spiro atoms. The van der Waals surface area contributed by atoms with Crippen molar-refractivity contribution >= 4 is 17.9 Å². The Labute approximate surface area is 300 Å². The van der Waals surface area contributed by atoms with Crippen LogP contribution in [0.5, 0.6) is 57.5 Å². The molecule has 0 aliphatic carbocycles. The lowest BCUT2D eigenvalue weighted by Crippen LogP contribution is -2.31. The second-order valence-electron chi connectivity index (χ2n) is 11.6. The van der Waals surface area contributed by atoms with Crippen LogP contribution in [0.3, 0.4) is 0 Å². The lowest BCUT2D eigenvalue weighted by molar-refractivity contribution is -0.124. The molecule has 0 saturated carbocycles. The number of benzene rings is 4. The van der Waals surface area contributed by atoms with Crippen molar-refractivity contribution in [1.29, 1.82) is 0 Å². The molecule has 2 amide bonds. The van der Waals surface area contributed by atoms with E-state index in [0.29, 0.717) is 62.3 Å². The zero-order valence-corrected chi connectivity index (χ0v) is 29.4. The molecule has 1 aliphatic heterocycles. The van der Waals surface area contributed by atoms with E-state index < -0.39 is 29.6 Å². The molecule has 274 valence electrons. The minimum absolute atomic E-state index is 0.0621. The second kappa shape index (κ2) is 16.1. The summed E-state index contributed by atoms with van der Waals surface area (Å²) in [6.07, 6.45) is 1.80. The number of ether oxygens (including phenoxy) is 7. The molecule has 0 fully saturated rings. The summed E-state index contributed by atoms with van der Waals surface area (Å²) in [5.41, 5.74) is 2.49. The molecule has 0 bridgehead atoms. The third-order valence-corrected chi connectivity index (χ3v) is 8.42. The van der Waals surface area contributed by atoms with E-state index in [0.717, 1.165) is 0 Å². The van der Waals surface area contributed by atoms with Gasteiger partial charge in [-0.05, 0) is 76.9 Å². The average Bonchev–Trinajstić information content (AvgIpc) is 3.55. The number of hydrogen-bond acceptors (Lipinski definition) is 12. The summed E-state index contributed by atoms with van der Waals surface area (Å²) in [5.74, 6) is -0.323. The van der Waals surface area contributed by atoms with Gasteiger partial charge in [-0.1, -0.05) is 6.07 Å². The van der Waals surface area contributed by atoms with Crippen molar-refractivity contribution < 1.29 is 58.1 Å². The number of fused-ring (bicyclic) bond motifs is 1. The molecule has 1 heterocycles. The van der Waals surface area contributed by atoms with Crippen LogP contribution in [0, 0.1) is 0 Å². The van der Waals surface area contributed by atoms with Crippen molar-refractivity contribution in [3.05, 3.63) is 88.5 Å². The van der Waals surface area contributed by atoms with Crippen LogP contribution in [0.2, 0.25) is 0 Å². The highest BCUT2D eigenvalue weighted by Crippen LogP contribution is 2.51. The summed E-state index contributed by atoms with van der Waals surface area (Å²) >= 11 is 0. The molecule has 0 saturated heterocycles. The topological polar surface area (TPSA) is 183 Å². The summed E-state index contributed by atoms with van der Waals surface area (Å²) in [6.45, 7) is 0.213. The Bertz CT molecular complexity index is 1940. The Morgan fingerprint density at radius 3 is 1.71 bits per heavy atom. The van der Waals surface area contributed by atoms with Crippen molar-refractivity contribution in [2.45, 2.75) is 25.1 Å². The molecule has 0 aromatic heterocycles. The van der Waals surface area contributed by atoms with Crippen molar-refractivity contribution in [2.75, 3.05) is 42.7 Å². The van der Waals surface area contributed by atoms with Crippen LogP contribution in [0.15, 0.2) is 60.7 Å². The molecule has 5 rings (SSSR count). The van der Waals surface area contributed by atoms with E-state index in [9.17, 15) is 24.9 Å². The van der Waals surface area contributed by atoms with Gasteiger partial charge in [-0.15, -0.1) is 0 Å². The fraction of sp³-hybridized carbons (Fsp3) is 0.263. The van der Waals surface area contributed by atoms with E-state index >= 15 is 0 Å². The van der Waals surface area contributed by atoms with E-state index in [-0.39, 0.29) is 30.3 Å². The standard InChI is InChI=1S/C38H40N2O12/c1-46-28-13-21(14-29(47-2)36(28)50-5)18-39-32(44)10-7-20-11-24-33(34(52-35(24)27(43)12-20)23-8-9-25(41)26(42)17-23)38(45)40-19-22-15-30(48-3)37(51-6)31(16-22)49-4/h7-17,33-34,41-43H,18-19H2,1-6H3,(H,39,44)(H,40,45)/b10-7+/t33-,34+/m1/s1. The first-order valence-corrected chi connectivity index (χ1v) is 15.9. The number of carbonyl (C=O) groups excluding carboxylic acids is 2. The first kappa shape index (κ1) is 36.8. The molecule has 14 heteroatoms. The van der Waals surface area contributed by atoms with Crippen molar-refractivity contribution in [3.8, 4) is 57.5 Å². The second-order valence-corrected chi connectivity index (χ2v) is 11.6. The Balaban J connectivity index is 1.40. The molecule has 4 aromatic rings. The molecular formula is C38H40N2O12. The lowest BCUT2D eigenvalue weighted by Gasteiger charge is -2.20. The molecule has 0 unspecified atom stereocenters. The number of carbonyl (C=O) groups is 2. The normalized spacial score (nSPS) is 14.6. The summed E-state index contributed by atoms with van der Waals surface area (Å²) < 4.78 is 38.5. The van der Waals surface area contributed by atoms with Gasteiger partial charge in [0.05, 0.1) is 42.7 Å². The lowest BCUT2D eigenvalue weighted by atomic mass is 9.89. The summed E-state index contributed by atoms with van der Waals surface area (Å²) in [7, 11) is 8.97. The molecule has 4 aromatic carbocycles. The quantitative estimate of drug-likeness (QED) is 0.0896.